The van der Waals surface area contributed by atoms with E-state index in [2.05, 4.69) is 23.9 Å². The van der Waals surface area contributed by atoms with E-state index in [4.69, 9.17) is 17.3 Å². The standard InChI is InChI=1S/C12H17ClN4O/c1-8-7-17(4-3-16(8)2)12(18)9-5-10(13)11(14)15-6-9/h5-6,8H,3-4,7H2,1-2H3,(H2,14,15). The molecule has 0 radical (unpaired) electrons. The Balaban J connectivity index is 2.14. The van der Waals surface area contributed by atoms with Gasteiger partial charge in [0.1, 0.15) is 5.82 Å². The maximum Gasteiger partial charge on any atom is 0.255 e. The highest BCUT2D eigenvalue weighted by atomic mass is 35.5. The summed E-state index contributed by atoms with van der Waals surface area (Å²) in [5.41, 5.74) is 6.02. The molecule has 0 bridgehead atoms. The lowest BCUT2D eigenvalue weighted by Gasteiger charge is -2.37. The normalized spacial score (nSPS) is 21.1. The van der Waals surface area contributed by atoms with Crippen molar-refractivity contribution in [1.29, 1.82) is 0 Å². The van der Waals surface area contributed by atoms with Crippen LogP contribution < -0.4 is 5.73 Å². The van der Waals surface area contributed by atoms with Crippen molar-refractivity contribution in [3.63, 3.8) is 0 Å². The third-order valence-corrected chi connectivity index (χ3v) is 3.67. The molecule has 1 atom stereocenters. The first-order valence-electron chi connectivity index (χ1n) is 5.89. The molecule has 2 N–H and O–H groups in total. The number of carbonyl (C=O) groups excluding carboxylic acids is 1. The fourth-order valence-corrected chi connectivity index (χ4v) is 2.15. The number of nitrogens with zero attached hydrogens (tertiary/aromatic N) is 3. The van der Waals surface area contributed by atoms with Gasteiger partial charge in [0.2, 0.25) is 0 Å². The number of hydrogen-bond donors (Lipinski definition) is 1. The lowest BCUT2D eigenvalue weighted by Crippen LogP contribution is -2.52. The first kappa shape index (κ1) is 13.1. The Morgan fingerprint density at radius 1 is 1.56 bits per heavy atom. The summed E-state index contributed by atoms with van der Waals surface area (Å²) in [7, 11) is 2.06. The summed E-state index contributed by atoms with van der Waals surface area (Å²) in [4.78, 5) is 20.3. The lowest BCUT2D eigenvalue weighted by molar-refractivity contribution is 0.0572. The Labute approximate surface area is 112 Å². The Morgan fingerprint density at radius 2 is 2.28 bits per heavy atom. The summed E-state index contributed by atoms with van der Waals surface area (Å²) in [6, 6.07) is 1.94. The van der Waals surface area contributed by atoms with Crippen molar-refractivity contribution in [2.24, 2.45) is 0 Å². The van der Waals surface area contributed by atoms with Gasteiger partial charge in [-0.1, -0.05) is 11.6 Å². The van der Waals surface area contributed by atoms with Crippen LogP contribution in [0.25, 0.3) is 0 Å². The van der Waals surface area contributed by atoms with Crippen LogP contribution in [0, 0.1) is 0 Å². The van der Waals surface area contributed by atoms with Gasteiger partial charge >= 0.3 is 0 Å². The van der Waals surface area contributed by atoms with Crippen LogP contribution in [0.3, 0.4) is 0 Å². The molecule has 6 heteroatoms. The maximum absolute atomic E-state index is 12.3. The molecule has 98 valence electrons. The average molecular weight is 269 g/mol. The van der Waals surface area contributed by atoms with E-state index >= 15 is 0 Å². The predicted molar refractivity (Wildman–Crippen MR) is 71.7 cm³/mol. The van der Waals surface area contributed by atoms with E-state index in [-0.39, 0.29) is 11.7 Å². The quantitative estimate of drug-likeness (QED) is 0.828. The van der Waals surface area contributed by atoms with Crippen molar-refractivity contribution >= 4 is 23.3 Å². The minimum absolute atomic E-state index is 0.0376. The van der Waals surface area contributed by atoms with Gasteiger partial charge in [0.15, 0.2) is 0 Å². The largest absolute Gasteiger partial charge is 0.382 e. The second kappa shape index (κ2) is 5.12. The van der Waals surface area contributed by atoms with Gasteiger partial charge in [-0.25, -0.2) is 4.98 Å². The lowest BCUT2D eigenvalue weighted by atomic mass is 10.1. The third-order valence-electron chi connectivity index (χ3n) is 3.36. The Morgan fingerprint density at radius 3 is 2.89 bits per heavy atom. The number of piperazine rings is 1. The van der Waals surface area contributed by atoms with Crippen molar-refractivity contribution in [3.05, 3.63) is 22.8 Å². The molecule has 0 aromatic carbocycles. The number of likely N-dealkylation sites (N-methyl/N-ethyl adjacent to an activating group) is 1. The summed E-state index contributed by atoms with van der Waals surface area (Å²) in [5.74, 6) is 0.212. The van der Waals surface area contributed by atoms with Gasteiger partial charge in [-0.3, -0.25) is 4.79 Å². The van der Waals surface area contributed by atoms with E-state index in [1.165, 1.54) is 6.20 Å². The van der Waals surface area contributed by atoms with E-state index in [9.17, 15) is 4.79 Å². The molecule has 0 saturated carbocycles. The summed E-state index contributed by atoms with van der Waals surface area (Å²) < 4.78 is 0. The molecule has 1 aliphatic heterocycles. The molecular formula is C12H17ClN4O. The zero-order valence-electron chi connectivity index (χ0n) is 10.6. The number of anilines is 1. The number of carbonyl (C=O) groups is 1. The van der Waals surface area contributed by atoms with Crippen LogP contribution in [0.5, 0.6) is 0 Å². The van der Waals surface area contributed by atoms with Gasteiger partial charge in [0.25, 0.3) is 5.91 Å². The van der Waals surface area contributed by atoms with Crippen LogP contribution in [0.2, 0.25) is 5.02 Å². The van der Waals surface area contributed by atoms with E-state index in [1.807, 2.05) is 4.90 Å². The number of pyridine rings is 1. The van der Waals surface area contributed by atoms with Crippen LogP contribution >= 0.6 is 11.6 Å². The van der Waals surface area contributed by atoms with Crippen molar-refractivity contribution < 1.29 is 4.79 Å². The topological polar surface area (TPSA) is 62.5 Å². The SMILES string of the molecule is CC1CN(C(=O)c2cnc(N)c(Cl)c2)CCN1C. The summed E-state index contributed by atoms with van der Waals surface area (Å²) in [6.07, 6.45) is 1.48. The van der Waals surface area contributed by atoms with Crippen LogP contribution in [-0.2, 0) is 0 Å². The minimum Gasteiger partial charge on any atom is -0.382 e. The van der Waals surface area contributed by atoms with Crippen molar-refractivity contribution in [3.8, 4) is 0 Å². The summed E-state index contributed by atoms with van der Waals surface area (Å²) in [5, 5.41) is 0.322. The van der Waals surface area contributed by atoms with Crippen LogP contribution in [-0.4, -0.2) is 53.4 Å². The first-order chi connectivity index (χ1) is 8.49. The fraction of sp³-hybridized carbons (Fsp3) is 0.500. The number of rotatable bonds is 1. The molecule has 18 heavy (non-hydrogen) atoms. The Bertz CT molecular complexity index is 465. The highest BCUT2D eigenvalue weighted by Crippen LogP contribution is 2.19. The van der Waals surface area contributed by atoms with Gasteiger partial charge in [0.05, 0.1) is 10.6 Å². The highest BCUT2D eigenvalue weighted by Gasteiger charge is 2.25. The second-order valence-corrected chi connectivity index (χ2v) is 5.08. The third kappa shape index (κ3) is 2.57. The highest BCUT2D eigenvalue weighted by molar-refractivity contribution is 6.33. The monoisotopic (exact) mass is 268 g/mol. The Kier molecular flexibility index (Phi) is 3.73. The average Bonchev–Trinajstić information content (AvgIpc) is 2.35. The summed E-state index contributed by atoms with van der Waals surface area (Å²) >= 11 is 5.88. The molecule has 2 rings (SSSR count). The molecule has 1 aliphatic rings. The zero-order chi connectivity index (χ0) is 13.3. The van der Waals surface area contributed by atoms with Gasteiger partial charge in [-0.2, -0.15) is 0 Å². The van der Waals surface area contributed by atoms with Gasteiger partial charge < -0.3 is 15.5 Å². The van der Waals surface area contributed by atoms with Crippen molar-refractivity contribution in [1.82, 2.24) is 14.8 Å². The summed E-state index contributed by atoms with van der Waals surface area (Å²) in [6.45, 7) is 4.43. The van der Waals surface area contributed by atoms with E-state index in [0.717, 1.165) is 19.6 Å². The molecule has 2 heterocycles. The van der Waals surface area contributed by atoms with E-state index < -0.39 is 0 Å². The fourth-order valence-electron chi connectivity index (χ4n) is 1.98. The predicted octanol–water partition coefficient (Wildman–Crippen LogP) is 1.09. The van der Waals surface area contributed by atoms with Crippen LogP contribution in [0.15, 0.2) is 12.3 Å². The van der Waals surface area contributed by atoms with Crippen molar-refractivity contribution in [2.75, 3.05) is 32.4 Å². The molecule has 1 amide bonds. The molecule has 5 nitrogen and oxygen atoms in total. The van der Waals surface area contributed by atoms with Crippen molar-refractivity contribution in [2.45, 2.75) is 13.0 Å². The maximum atomic E-state index is 12.3. The van der Waals surface area contributed by atoms with Gasteiger partial charge in [0, 0.05) is 31.9 Å². The molecule has 0 aliphatic carbocycles. The zero-order valence-corrected chi connectivity index (χ0v) is 11.3. The van der Waals surface area contributed by atoms with Gasteiger partial charge in [-0.05, 0) is 20.0 Å². The molecule has 1 fully saturated rings. The van der Waals surface area contributed by atoms with Crippen LogP contribution in [0.1, 0.15) is 17.3 Å². The molecule has 0 spiro atoms. The molecule has 1 aromatic rings. The number of hydrogen-bond acceptors (Lipinski definition) is 4. The number of nitrogens with two attached hydrogens (primary N) is 1. The first-order valence-corrected chi connectivity index (χ1v) is 6.27. The van der Waals surface area contributed by atoms with E-state index in [1.54, 1.807) is 6.07 Å². The number of aromatic nitrogens is 1. The number of amides is 1. The second-order valence-electron chi connectivity index (χ2n) is 4.67. The van der Waals surface area contributed by atoms with Crippen LogP contribution in [0.4, 0.5) is 5.82 Å². The molecule has 1 unspecified atom stereocenters. The number of nitrogen functional groups attached to an aromatic ring is 1. The minimum atomic E-state index is -0.0376. The van der Waals surface area contributed by atoms with Gasteiger partial charge in [-0.15, -0.1) is 0 Å². The molecular weight excluding hydrogens is 252 g/mol. The van der Waals surface area contributed by atoms with E-state index in [0.29, 0.717) is 16.6 Å². The number of halogens is 1. The molecule has 1 aromatic heterocycles. The smallest absolute Gasteiger partial charge is 0.255 e. The Hall–Kier alpha value is -1.33. The molecule has 1 saturated heterocycles.